The molecule has 0 amide bonds. The predicted octanol–water partition coefficient (Wildman–Crippen LogP) is 9.95. The molecule has 0 fully saturated rings. The zero-order valence-electron chi connectivity index (χ0n) is 30.5. The first-order chi connectivity index (χ1) is 23.8. The van der Waals surface area contributed by atoms with Crippen molar-refractivity contribution in [2.24, 2.45) is 10.9 Å². The summed E-state index contributed by atoms with van der Waals surface area (Å²) < 4.78 is 36.9. The molecule has 50 heavy (non-hydrogen) atoms. The lowest BCUT2D eigenvalue weighted by molar-refractivity contribution is -0.146. The van der Waals surface area contributed by atoms with Gasteiger partial charge in [-0.3, -0.25) is 9.79 Å². The van der Waals surface area contributed by atoms with Crippen LogP contribution in [0, 0.1) is 11.7 Å². The molecule has 0 aromatic heterocycles. The molecule has 3 atom stereocenters. The lowest BCUT2D eigenvalue weighted by Gasteiger charge is -2.40. The van der Waals surface area contributed by atoms with Crippen molar-refractivity contribution in [1.29, 1.82) is 0 Å². The van der Waals surface area contributed by atoms with Crippen molar-refractivity contribution in [2.75, 3.05) is 26.6 Å². The Morgan fingerprint density at radius 2 is 1.36 bits per heavy atom. The summed E-state index contributed by atoms with van der Waals surface area (Å²) in [7, 11) is 2.47. The molecule has 4 aromatic rings. The second-order valence-electron chi connectivity index (χ2n) is 14.0. The minimum Gasteiger partial charge on any atom is -0.497 e. The SMILES string of the molecule is COC(=O)C(CCC(O[Si](C)(C)C(C)(C)C)c1ccc(F)cc1)[C@H](Nc1ccc(CN=Cc2ccc(OC)cc2)cc1)c1ccc(OC)cc1. The predicted molar refractivity (Wildman–Crippen MR) is 202 cm³/mol. The summed E-state index contributed by atoms with van der Waals surface area (Å²) in [5.74, 6) is 0.341. The van der Waals surface area contributed by atoms with Crippen LogP contribution in [0.5, 0.6) is 11.5 Å². The molecule has 0 radical (unpaired) electrons. The Morgan fingerprint density at radius 1 is 0.800 bits per heavy atom. The molecule has 2 unspecified atom stereocenters. The Hall–Kier alpha value is -4.47. The highest BCUT2D eigenvalue weighted by Crippen LogP contribution is 2.42. The average molecular weight is 699 g/mol. The van der Waals surface area contributed by atoms with Crippen LogP contribution in [0.2, 0.25) is 18.1 Å². The van der Waals surface area contributed by atoms with Gasteiger partial charge in [-0.05, 0) is 114 Å². The highest BCUT2D eigenvalue weighted by atomic mass is 28.4. The Morgan fingerprint density at radius 3 is 1.90 bits per heavy atom. The highest BCUT2D eigenvalue weighted by Gasteiger charge is 2.40. The molecule has 0 spiro atoms. The van der Waals surface area contributed by atoms with Crippen molar-refractivity contribution in [1.82, 2.24) is 0 Å². The molecule has 0 saturated heterocycles. The van der Waals surface area contributed by atoms with Crippen LogP contribution in [0.25, 0.3) is 0 Å². The van der Waals surface area contributed by atoms with Crippen LogP contribution in [0.4, 0.5) is 10.1 Å². The number of anilines is 1. The maximum atomic E-state index is 14.0. The van der Waals surface area contributed by atoms with Crippen LogP contribution >= 0.6 is 0 Å². The van der Waals surface area contributed by atoms with Gasteiger partial charge in [-0.2, -0.15) is 0 Å². The topological polar surface area (TPSA) is 78.4 Å². The van der Waals surface area contributed by atoms with Gasteiger partial charge in [0.15, 0.2) is 8.32 Å². The van der Waals surface area contributed by atoms with Crippen molar-refractivity contribution < 1.29 is 27.8 Å². The largest absolute Gasteiger partial charge is 0.497 e. The third-order valence-electron chi connectivity index (χ3n) is 9.51. The Kier molecular flexibility index (Phi) is 13.4. The van der Waals surface area contributed by atoms with Crippen LogP contribution in [0.3, 0.4) is 0 Å². The summed E-state index contributed by atoms with van der Waals surface area (Å²) in [5.41, 5.74) is 4.71. The molecule has 0 aliphatic carbocycles. The van der Waals surface area contributed by atoms with Gasteiger partial charge < -0.3 is 24.0 Å². The molecular weight excluding hydrogens is 648 g/mol. The van der Waals surface area contributed by atoms with E-state index in [1.807, 2.05) is 79.0 Å². The van der Waals surface area contributed by atoms with Crippen molar-refractivity contribution >= 4 is 26.2 Å². The number of halogens is 1. The van der Waals surface area contributed by atoms with Gasteiger partial charge in [0.05, 0.1) is 45.9 Å². The number of esters is 1. The molecule has 9 heteroatoms. The minimum atomic E-state index is -2.23. The van der Waals surface area contributed by atoms with E-state index in [-0.39, 0.29) is 22.9 Å². The average Bonchev–Trinajstić information content (AvgIpc) is 3.11. The number of carbonyl (C=O) groups is 1. The zero-order valence-corrected chi connectivity index (χ0v) is 31.5. The fraction of sp³-hybridized carbons (Fsp3) is 0.366. The Labute approximate surface area is 298 Å². The van der Waals surface area contributed by atoms with Crippen LogP contribution in [-0.4, -0.2) is 41.8 Å². The molecule has 4 rings (SSSR count). The van der Waals surface area contributed by atoms with Crippen LogP contribution in [0.15, 0.2) is 102 Å². The van der Waals surface area contributed by atoms with Gasteiger partial charge in [-0.25, -0.2) is 4.39 Å². The van der Waals surface area contributed by atoms with Gasteiger partial charge in [-0.1, -0.05) is 57.2 Å². The van der Waals surface area contributed by atoms with E-state index in [9.17, 15) is 9.18 Å². The fourth-order valence-corrected chi connectivity index (χ4v) is 6.79. The summed E-state index contributed by atoms with van der Waals surface area (Å²) in [6.45, 7) is 11.5. The first-order valence-electron chi connectivity index (χ1n) is 17.0. The molecule has 0 saturated carbocycles. The number of nitrogens with one attached hydrogen (secondary N) is 1. The third-order valence-corrected chi connectivity index (χ3v) is 14.0. The van der Waals surface area contributed by atoms with Gasteiger partial charge in [0.2, 0.25) is 0 Å². The normalized spacial score (nSPS) is 13.8. The Bertz CT molecular complexity index is 1670. The number of carbonyl (C=O) groups excluding carboxylic acids is 1. The number of ether oxygens (including phenoxy) is 3. The number of hydrogen-bond donors (Lipinski definition) is 1. The lowest BCUT2D eigenvalue weighted by atomic mass is 9.87. The van der Waals surface area contributed by atoms with Crippen molar-refractivity contribution in [3.63, 3.8) is 0 Å². The number of methoxy groups -OCH3 is 3. The van der Waals surface area contributed by atoms with Gasteiger partial charge in [0.1, 0.15) is 17.3 Å². The molecule has 4 aromatic carbocycles. The summed E-state index contributed by atoms with van der Waals surface area (Å²) in [5, 5.41) is 3.60. The number of nitrogens with zero attached hydrogens (tertiary/aromatic N) is 1. The quantitative estimate of drug-likeness (QED) is 0.0713. The van der Waals surface area contributed by atoms with Gasteiger partial charge in [0, 0.05) is 11.9 Å². The van der Waals surface area contributed by atoms with Crippen LogP contribution in [0.1, 0.15) is 68.0 Å². The summed E-state index contributed by atoms with van der Waals surface area (Å²) in [6.07, 6.45) is 2.53. The van der Waals surface area contributed by atoms with E-state index in [2.05, 4.69) is 44.2 Å². The van der Waals surface area contributed by atoms with E-state index in [1.165, 1.54) is 19.2 Å². The first-order valence-corrected chi connectivity index (χ1v) is 19.9. The summed E-state index contributed by atoms with van der Waals surface area (Å²) >= 11 is 0. The van der Waals surface area contributed by atoms with Gasteiger partial charge in [0.25, 0.3) is 0 Å². The highest BCUT2D eigenvalue weighted by molar-refractivity contribution is 6.74. The van der Waals surface area contributed by atoms with Gasteiger partial charge >= 0.3 is 5.97 Å². The van der Waals surface area contributed by atoms with Crippen LogP contribution < -0.4 is 14.8 Å². The molecule has 1 N–H and O–H groups in total. The van der Waals surface area contributed by atoms with E-state index in [4.69, 9.17) is 18.6 Å². The minimum absolute atomic E-state index is 0.0344. The number of benzene rings is 4. The summed E-state index contributed by atoms with van der Waals surface area (Å²) in [4.78, 5) is 18.2. The third kappa shape index (κ3) is 10.5. The van der Waals surface area contributed by atoms with Gasteiger partial charge in [-0.15, -0.1) is 0 Å². The summed E-state index contributed by atoms with van der Waals surface area (Å²) in [6, 6.07) is 29.6. The molecule has 0 heterocycles. The molecular formula is C41H51FN2O5Si. The standard InChI is InChI=1S/C41H51FN2O5Si/c1-41(2,3)50(7,8)49-38(31-13-17-33(42)18-14-31)26-25-37(40(45)48-6)39(32-15-23-36(47-5)24-16-32)44-34-19-9-29(10-20-34)27-43-28-30-11-21-35(46-4)22-12-30/h9-24,28,37-39,44H,25-27H2,1-8H3/t37?,38?,39-/m1/s1. The molecule has 0 aliphatic rings. The lowest BCUT2D eigenvalue weighted by Crippen LogP contribution is -2.42. The van der Waals surface area contributed by atoms with Crippen molar-refractivity contribution in [3.05, 3.63) is 125 Å². The van der Waals surface area contributed by atoms with E-state index in [0.717, 1.165) is 39.4 Å². The number of hydrogen-bond acceptors (Lipinski definition) is 7. The number of rotatable bonds is 16. The van der Waals surface area contributed by atoms with E-state index < -0.39 is 20.3 Å². The molecule has 266 valence electrons. The second-order valence-corrected chi connectivity index (χ2v) is 18.7. The smallest absolute Gasteiger partial charge is 0.311 e. The fourth-order valence-electron chi connectivity index (χ4n) is 5.47. The monoisotopic (exact) mass is 698 g/mol. The number of aliphatic imine (C=N–C) groups is 1. The molecule has 0 bridgehead atoms. The first kappa shape index (κ1) is 38.3. The Balaban J connectivity index is 1.59. The maximum Gasteiger partial charge on any atom is 0.311 e. The van der Waals surface area contributed by atoms with E-state index in [1.54, 1.807) is 26.4 Å². The molecule has 7 nitrogen and oxygen atoms in total. The van der Waals surface area contributed by atoms with Crippen molar-refractivity contribution in [3.8, 4) is 11.5 Å². The van der Waals surface area contributed by atoms with E-state index in [0.29, 0.717) is 19.4 Å². The second kappa shape index (κ2) is 17.5. The zero-order chi connectivity index (χ0) is 36.3. The van der Waals surface area contributed by atoms with Crippen molar-refractivity contribution in [2.45, 2.75) is 70.4 Å². The maximum absolute atomic E-state index is 14.0. The molecule has 0 aliphatic heterocycles. The van der Waals surface area contributed by atoms with E-state index >= 15 is 0 Å². The van der Waals surface area contributed by atoms with Crippen LogP contribution in [-0.2, 0) is 20.5 Å².